The minimum atomic E-state index is -4.35. The maximum atomic E-state index is 14.3. The zero-order valence-electron chi connectivity index (χ0n) is 21.0. The largest absolute Gasteiger partial charge is 0.462 e. The number of carbonyl (C=O) groups is 1. The Morgan fingerprint density at radius 3 is 2.33 bits per heavy atom. The Morgan fingerprint density at radius 2 is 1.64 bits per heavy atom. The molecule has 3 heterocycles. The number of H-pyrrole nitrogens is 1. The number of sulfone groups is 1. The van der Waals surface area contributed by atoms with Crippen molar-refractivity contribution in [3.63, 3.8) is 0 Å². The van der Waals surface area contributed by atoms with Gasteiger partial charge in [-0.3, -0.25) is 9.59 Å². The minimum absolute atomic E-state index is 0.0380. The molecule has 1 N–H and O–H groups in total. The van der Waals surface area contributed by atoms with Crippen molar-refractivity contribution < 1.29 is 17.9 Å². The van der Waals surface area contributed by atoms with E-state index in [1.165, 1.54) is 23.5 Å². The lowest BCUT2D eigenvalue weighted by atomic mass is 9.97. The summed E-state index contributed by atoms with van der Waals surface area (Å²) in [6.07, 6.45) is 3.42. The molecule has 0 saturated carbocycles. The van der Waals surface area contributed by atoms with E-state index in [-0.39, 0.29) is 27.6 Å². The van der Waals surface area contributed by atoms with E-state index in [9.17, 15) is 22.8 Å². The lowest BCUT2D eigenvalue weighted by molar-refractivity contribution is 0.0524. The smallest absolute Gasteiger partial charge is 0.344 e. The number of pyridine rings is 1. The van der Waals surface area contributed by atoms with Gasteiger partial charge in [0.2, 0.25) is 9.84 Å². The number of aryl methyl sites for hydroxylation is 2. The van der Waals surface area contributed by atoms with Crippen LogP contribution in [-0.2, 0) is 27.4 Å². The topological polar surface area (TPSA) is 115 Å². The average molecular weight is 561 g/mol. The Morgan fingerprint density at radius 1 is 0.974 bits per heavy atom. The second kappa shape index (κ2) is 9.62. The van der Waals surface area contributed by atoms with Gasteiger partial charge in [0, 0.05) is 10.4 Å². The maximum Gasteiger partial charge on any atom is 0.344 e. The molecule has 0 spiro atoms. The van der Waals surface area contributed by atoms with Gasteiger partial charge in [0.25, 0.3) is 11.1 Å². The fraction of sp³-hybridized carbons (Fsp3) is 0.207. The van der Waals surface area contributed by atoms with Crippen LogP contribution in [0, 0.1) is 0 Å². The van der Waals surface area contributed by atoms with Crippen LogP contribution in [0.25, 0.3) is 27.0 Å². The molecule has 0 fully saturated rings. The molecule has 8 nitrogen and oxygen atoms in total. The number of nitrogens with one attached hydrogen (secondary N) is 1. The summed E-state index contributed by atoms with van der Waals surface area (Å²) in [5.41, 5.74) is -1.12. The van der Waals surface area contributed by atoms with Crippen molar-refractivity contribution in [2.24, 2.45) is 0 Å². The van der Waals surface area contributed by atoms with E-state index in [0.29, 0.717) is 22.2 Å². The number of thiophene rings is 1. The van der Waals surface area contributed by atoms with Gasteiger partial charge in [0.15, 0.2) is 0 Å². The van der Waals surface area contributed by atoms with Crippen LogP contribution in [-0.4, -0.2) is 30.4 Å². The summed E-state index contributed by atoms with van der Waals surface area (Å²) in [6, 6.07) is 16.1. The molecule has 1 aliphatic rings. The van der Waals surface area contributed by atoms with Crippen molar-refractivity contribution in [3.05, 3.63) is 97.4 Å². The first-order valence-electron chi connectivity index (χ1n) is 12.7. The Balaban J connectivity index is 1.89. The average Bonchev–Trinajstić information content (AvgIpc) is 3.32. The Hall–Kier alpha value is -4.02. The van der Waals surface area contributed by atoms with Crippen LogP contribution in [0.3, 0.4) is 0 Å². The number of fused-ring (bicyclic) bond motifs is 4. The van der Waals surface area contributed by atoms with Gasteiger partial charge in [0.1, 0.15) is 20.9 Å². The zero-order valence-corrected chi connectivity index (χ0v) is 22.7. The van der Waals surface area contributed by atoms with Crippen LogP contribution >= 0.6 is 11.3 Å². The number of rotatable bonds is 5. The first-order chi connectivity index (χ1) is 18.8. The molecule has 6 rings (SSSR count). The summed E-state index contributed by atoms with van der Waals surface area (Å²) < 4.78 is 34.7. The van der Waals surface area contributed by atoms with Crippen molar-refractivity contribution in [1.29, 1.82) is 0 Å². The van der Waals surface area contributed by atoms with E-state index in [4.69, 9.17) is 4.74 Å². The summed E-state index contributed by atoms with van der Waals surface area (Å²) in [5, 5.41) is 0.370. The van der Waals surface area contributed by atoms with E-state index in [1.54, 1.807) is 55.5 Å². The van der Waals surface area contributed by atoms with Crippen molar-refractivity contribution >= 4 is 43.0 Å². The van der Waals surface area contributed by atoms with Gasteiger partial charge in [-0.2, -0.15) is 0 Å². The van der Waals surface area contributed by atoms with Gasteiger partial charge in [0.05, 0.1) is 16.9 Å². The number of aromatic nitrogens is 2. The fourth-order valence-electron chi connectivity index (χ4n) is 5.31. The predicted octanol–water partition coefficient (Wildman–Crippen LogP) is 4.76. The standard InChI is InChI=1S/C29H24N2O6S2/c1-2-37-29(34)23-21(17-11-5-3-6-12-17)24(39(35,36)18-13-7-4-8-14-18)25-30-26-22(27(32)31(25)28(23)33)19-15-9-10-16-20(19)38-26/h3-8,11-14,30H,2,9-10,15-16H2,1H3. The lowest BCUT2D eigenvalue weighted by Gasteiger charge is -2.18. The third-order valence-electron chi connectivity index (χ3n) is 7.02. The molecule has 3 aromatic heterocycles. The Bertz CT molecular complexity index is 1990. The second-order valence-corrected chi connectivity index (χ2v) is 12.3. The molecule has 198 valence electrons. The Labute approximate surface area is 227 Å². The number of esters is 1. The van der Waals surface area contributed by atoms with Crippen LogP contribution in [0.2, 0.25) is 0 Å². The number of ether oxygens (including phenoxy) is 1. The molecular formula is C29H24N2O6S2. The highest BCUT2D eigenvalue weighted by Gasteiger charge is 2.35. The molecule has 10 heteroatoms. The second-order valence-electron chi connectivity index (χ2n) is 9.32. The van der Waals surface area contributed by atoms with Crippen molar-refractivity contribution in [2.75, 3.05) is 6.61 Å². The molecule has 0 atom stereocenters. The minimum Gasteiger partial charge on any atom is -0.462 e. The molecule has 5 aromatic rings. The number of aromatic amines is 1. The number of hydrogen-bond donors (Lipinski definition) is 1. The number of hydrogen-bond acceptors (Lipinski definition) is 7. The molecule has 0 aliphatic heterocycles. The van der Waals surface area contributed by atoms with Gasteiger partial charge in [-0.15, -0.1) is 11.3 Å². The normalized spacial score (nSPS) is 13.5. The first-order valence-corrected chi connectivity index (χ1v) is 15.0. The van der Waals surface area contributed by atoms with Crippen LogP contribution in [0.5, 0.6) is 0 Å². The molecular weight excluding hydrogens is 536 g/mol. The lowest BCUT2D eigenvalue weighted by Crippen LogP contribution is -2.34. The summed E-state index contributed by atoms with van der Waals surface area (Å²) in [4.78, 5) is 45.8. The highest BCUT2D eigenvalue weighted by Crippen LogP contribution is 2.38. The molecule has 0 radical (unpaired) electrons. The molecule has 2 aromatic carbocycles. The number of nitrogens with zero attached hydrogens (tertiary/aromatic N) is 1. The monoisotopic (exact) mass is 560 g/mol. The third-order valence-corrected chi connectivity index (χ3v) is 10.1. The van der Waals surface area contributed by atoms with Crippen LogP contribution in [0.4, 0.5) is 0 Å². The van der Waals surface area contributed by atoms with E-state index < -0.39 is 32.5 Å². The summed E-state index contributed by atoms with van der Waals surface area (Å²) >= 11 is 1.41. The van der Waals surface area contributed by atoms with Gasteiger partial charge in [-0.1, -0.05) is 48.5 Å². The third kappa shape index (κ3) is 3.93. The van der Waals surface area contributed by atoms with E-state index in [1.807, 2.05) is 0 Å². The van der Waals surface area contributed by atoms with Crippen LogP contribution in [0.15, 0.2) is 80.0 Å². The van der Waals surface area contributed by atoms with E-state index in [0.717, 1.165) is 34.1 Å². The SMILES string of the molecule is CCOC(=O)c1c(-c2ccccc2)c(S(=O)(=O)c2ccccc2)c2[nH]c3sc4c(c3c(=O)n2c1=O)CCCC4. The van der Waals surface area contributed by atoms with E-state index in [2.05, 4.69) is 4.98 Å². The number of benzene rings is 2. The van der Waals surface area contributed by atoms with Gasteiger partial charge >= 0.3 is 5.97 Å². The summed E-state index contributed by atoms with van der Waals surface area (Å²) in [6.45, 7) is 1.55. The van der Waals surface area contributed by atoms with Gasteiger partial charge < -0.3 is 9.72 Å². The highest BCUT2D eigenvalue weighted by molar-refractivity contribution is 7.91. The van der Waals surface area contributed by atoms with Gasteiger partial charge in [-0.05, 0) is 55.9 Å². The quantitative estimate of drug-likeness (QED) is 0.310. The fourth-order valence-corrected chi connectivity index (χ4v) is 8.23. The first kappa shape index (κ1) is 25.3. The molecule has 0 amide bonds. The molecule has 0 unspecified atom stereocenters. The van der Waals surface area contributed by atoms with Crippen molar-refractivity contribution in [3.8, 4) is 11.1 Å². The Kier molecular flexibility index (Phi) is 6.23. The predicted molar refractivity (Wildman–Crippen MR) is 150 cm³/mol. The molecule has 1 aliphatic carbocycles. The molecule has 0 saturated heterocycles. The van der Waals surface area contributed by atoms with Crippen molar-refractivity contribution in [1.82, 2.24) is 9.38 Å². The maximum absolute atomic E-state index is 14.3. The van der Waals surface area contributed by atoms with Crippen LogP contribution < -0.4 is 11.1 Å². The molecule has 39 heavy (non-hydrogen) atoms. The van der Waals surface area contributed by atoms with Crippen molar-refractivity contribution in [2.45, 2.75) is 42.4 Å². The molecule has 0 bridgehead atoms. The van der Waals surface area contributed by atoms with Gasteiger partial charge in [-0.25, -0.2) is 17.6 Å². The zero-order chi connectivity index (χ0) is 27.3. The van der Waals surface area contributed by atoms with Crippen LogP contribution in [0.1, 0.15) is 40.6 Å². The number of carbonyl (C=O) groups excluding carboxylic acids is 1. The highest BCUT2D eigenvalue weighted by atomic mass is 32.2. The van der Waals surface area contributed by atoms with E-state index >= 15 is 0 Å². The summed E-state index contributed by atoms with van der Waals surface area (Å²) in [5.74, 6) is -0.993. The summed E-state index contributed by atoms with van der Waals surface area (Å²) in [7, 11) is -4.35.